The quantitative estimate of drug-likeness (QED) is 0.637. The fourth-order valence-electron chi connectivity index (χ4n) is 3.14. The topological polar surface area (TPSA) is 64.7 Å². The molecule has 0 aliphatic carbocycles. The molecule has 0 aliphatic heterocycles. The van der Waals surface area contributed by atoms with Gasteiger partial charge in [0.05, 0.1) is 0 Å². The van der Waals surface area contributed by atoms with E-state index in [1.165, 1.54) is 0 Å². The van der Waals surface area contributed by atoms with Gasteiger partial charge in [0.15, 0.2) is 0 Å². The van der Waals surface area contributed by atoms with Gasteiger partial charge < -0.3 is 20.4 Å². The molecular formula is C24H42N4O2. The predicted molar refractivity (Wildman–Crippen MR) is 127 cm³/mol. The number of carbonyl (C=O) groups excluding carboxylic acids is 2. The summed E-state index contributed by atoms with van der Waals surface area (Å²) in [4.78, 5) is 29.3. The normalized spacial score (nSPS) is 12.9. The van der Waals surface area contributed by atoms with Gasteiger partial charge in [-0.15, -0.1) is 0 Å². The Morgan fingerprint density at radius 1 is 1.07 bits per heavy atom. The predicted octanol–water partition coefficient (Wildman–Crippen LogP) is 5.24. The second kappa shape index (κ2) is 10.2. The van der Waals surface area contributed by atoms with Crippen molar-refractivity contribution in [2.45, 2.75) is 86.4 Å². The zero-order valence-corrected chi connectivity index (χ0v) is 20.6. The van der Waals surface area contributed by atoms with Crippen molar-refractivity contribution < 1.29 is 9.59 Å². The maximum Gasteiger partial charge on any atom is 0.318 e. The molecule has 3 amide bonds. The Morgan fingerprint density at radius 3 is 2.13 bits per heavy atom. The molecule has 1 aromatic carbocycles. The molecule has 1 unspecified atom stereocenters. The molecule has 30 heavy (non-hydrogen) atoms. The van der Waals surface area contributed by atoms with Gasteiger partial charge >= 0.3 is 6.03 Å². The molecule has 1 atom stereocenters. The fraction of sp³-hybridized carbons (Fsp3) is 0.667. The zero-order valence-electron chi connectivity index (χ0n) is 20.6. The van der Waals surface area contributed by atoms with Crippen molar-refractivity contribution in [2.75, 3.05) is 24.3 Å². The third kappa shape index (κ3) is 8.64. The van der Waals surface area contributed by atoms with Gasteiger partial charge in [0.1, 0.15) is 0 Å². The fourth-order valence-corrected chi connectivity index (χ4v) is 3.14. The van der Waals surface area contributed by atoms with Gasteiger partial charge in [0.2, 0.25) is 5.91 Å². The minimum absolute atomic E-state index is 0.00434. The van der Waals surface area contributed by atoms with E-state index in [-0.39, 0.29) is 28.9 Å². The van der Waals surface area contributed by atoms with E-state index in [1.54, 1.807) is 0 Å². The highest BCUT2D eigenvalue weighted by atomic mass is 16.2. The smallest absolute Gasteiger partial charge is 0.318 e. The van der Waals surface area contributed by atoms with Crippen LogP contribution in [0, 0.1) is 5.41 Å². The summed E-state index contributed by atoms with van der Waals surface area (Å²) in [6, 6.07) is 5.90. The summed E-state index contributed by atoms with van der Waals surface area (Å²) < 4.78 is 0. The van der Waals surface area contributed by atoms with Crippen molar-refractivity contribution in [1.29, 1.82) is 0 Å². The molecule has 1 rings (SSSR count). The lowest BCUT2D eigenvalue weighted by Crippen LogP contribution is -2.51. The van der Waals surface area contributed by atoms with Crippen molar-refractivity contribution >= 4 is 23.3 Å². The van der Waals surface area contributed by atoms with E-state index in [2.05, 4.69) is 24.5 Å². The van der Waals surface area contributed by atoms with Crippen molar-refractivity contribution in [3.05, 3.63) is 23.8 Å². The molecule has 0 aliphatic rings. The van der Waals surface area contributed by atoms with Crippen LogP contribution in [0.2, 0.25) is 0 Å². The first-order valence-corrected chi connectivity index (χ1v) is 10.8. The minimum Gasteiger partial charge on any atom is -0.377 e. The number of benzene rings is 1. The zero-order chi connectivity index (χ0) is 23.3. The molecule has 0 saturated carbocycles. The molecule has 170 valence electrons. The second-order valence-electron chi connectivity index (χ2n) is 10.6. The van der Waals surface area contributed by atoms with Crippen molar-refractivity contribution in [1.82, 2.24) is 10.2 Å². The Bertz CT molecular complexity index is 730. The monoisotopic (exact) mass is 418 g/mol. The Kier molecular flexibility index (Phi) is 8.76. The van der Waals surface area contributed by atoms with Gasteiger partial charge in [-0.3, -0.25) is 4.79 Å². The van der Waals surface area contributed by atoms with Crippen LogP contribution in [0.3, 0.4) is 0 Å². The van der Waals surface area contributed by atoms with Crippen LogP contribution in [0.4, 0.5) is 16.2 Å². The van der Waals surface area contributed by atoms with E-state index < -0.39 is 0 Å². The third-order valence-corrected chi connectivity index (χ3v) is 4.74. The van der Waals surface area contributed by atoms with Crippen molar-refractivity contribution in [3.63, 3.8) is 0 Å². The molecule has 0 saturated heterocycles. The second-order valence-corrected chi connectivity index (χ2v) is 10.6. The van der Waals surface area contributed by atoms with E-state index in [0.717, 1.165) is 23.4 Å². The van der Waals surface area contributed by atoms with Crippen molar-refractivity contribution in [3.8, 4) is 0 Å². The molecule has 1 aromatic rings. The average molecular weight is 419 g/mol. The number of urea groups is 1. The van der Waals surface area contributed by atoms with Crippen LogP contribution < -0.4 is 15.5 Å². The average Bonchev–Trinajstić information content (AvgIpc) is 2.55. The van der Waals surface area contributed by atoms with Crippen LogP contribution in [-0.4, -0.2) is 42.5 Å². The third-order valence-electron chi connectivity index (χ3n) is 4.74. The number of anilines is 2. The molecule has 0 bridgehead atoms. The molecule has 2 N–H and O–H groups in total. The maximum atomic E-state index is 13.0. The summed E-state index contributed by atoms with van der Waals surface area (Å²) in [5.74, 6) is -0.00434. The highest BCUT2D eigenvalue weighted by Gasteiger charge is 2.25. The van der Waals surface area contributed by atoms with Gasteiger partial charge in [0, 0.05) is 50.0 Å². The highest BCUT2D eigenvalue weighted by Crippen LogP contribution is 2.27. The standard InChI is InChI=1S/C24H42N4O2/c1-11-17(2)28(22(30)26-24(6,7)8)16-18-14-19(12-13-20(18)27(9)10)25-21(29)15-23(3,4)5/h12-14,17H,11,15-16H2,1-10H3,(H,25,29)(H,26,30). The molecule has 0 radical (unpaired) electrons. The van der Waals surface area contributed by atoms with Gasteiger partial charge in [-0.05, 0) is 63.3 Å². The summed E-state index contributed by atoms with van der Waals surface area (Å²) in [5, 5.41) is 6.09. The molecule has 0 aromatic heterocycles. The van der Waals surface area contributed by atoms with E-state index in [9.17, 15) is 9.59 Å². The SMILES string of the molecule is CCC(C)N(Cc1cc(NC(=O)CC(C)(C)C)ccc1N(C)C)C(=O)NC(C)(C)C. The Morgan fingerprint density at radius 2 is 1.67 bits per heavy atom. The molecule has 6 heteroatoms. The molecule has 0 spiro atoms. The number of nitrogens with zero attached hydrogens (tertiary/aromatic N) is 2. The molecule has 6 nitrogen and oxygen atoms in total. The van der Waals surface area contributed by atoms with E-state index in [4.69, 9.17) is 0 Å². The van der Waals surface area contributed by atoms with Crippen molar-refractivity contribution in [2.24, 2.45) is 5.41 Å². The number of hydrogen-bond acceptors (Lipinski definition) is 3. The van der Waals surface area contributed by atoms with Gasteiger partial charge in [-0.1, -0.05) is 27.7 Å². The van der Waals surface area contributed by atoms with Crippen LogP contribution in [0.15, 0.2) is 18.2 Å². The lowest BCUT2D eigenvalue weighted by molar-refractivity contribution is -0.117. The summed E-state index contributed by atoms with van der Waals surface area (Å²) in [6.45, 7) is 16.7. The number of nitrogens with one attached hydrogen (secondary N) is 2. The molecule has 0 heterocycles. The molecule has 0 fully saturated rings. The number of carbonyl (C=O) groups is 2. The largest absolute Gasteiger partial charge is 0.377 e. The van der Waals surface area contributed by atoms with E-state index in [1.807, 2.05) is 83.6 Å². The van der Waals surface area contributed by atoms with Crippen LogP contribution >= 0.6 is 0 Å². The van der Waals surface area contributed by atoms with E-state index in [0.29, 0.717) is 13.0 Å². The Hall–Kier alpha value is -2.24. The molecular weight excluding hydrogens is 376 g/mol. The lowest BCUT2D eigenvalue weighted by Gasteiger charge is -2.33. The Labute approximate surface area is 183 Å². The number of hydrogen-bond donors (Lipinski definition) is 2. The van der Waals surface area contributed by atoms with Gasteiger partial charge in [0.25, 0.3) is 0 Å². The Balaban J connectivity index is 3.20. The number of amides is 3. The maximum absolute atomic E-state index is 13.0. The highest BCUT2D eigenvalue weighted by molar-refractivity contribution is 5.91. The summed E-state index contributed by atoms with van der Waals surface area (Å²) >= 11 is 0. The van der Waals surface area contributed by atoms with Crippen LogP contribution in [0.5, 0.6) is 0 Å². The first-order valence-electron chi connectivity index (χ1n) is 10.8. The first-order chi connectivity index (χ1) is 13.6. The summed E-state index contributed by atoms with van der Waals surface area (Å²) in [5.41, 5.74) is 2.40. The first kappa shape index (κ1) is 25.8. The van der Waals surface area contributed by atoms with E-state index >= 15 is 0 Å². The minimum atomic E-state index is -0.310. The van der Waals surface area contributed by atoms with Crippen LogP contribution in [0.1, 0.15) is 73.8 Å². The summed E-state index contributed by atoms with van der Waals surface area (Å²) in [7, 11) is 3.97. The van der Waals surface area contributed by atoms with Crippen LogP contribution in [-0.2, 0) is 11.3 Å². The van der Waals surface area contributed by atoms with Crippen LogP contribution in [0.25, 0.3) is 0 Å². The lowest BCUT2D eigenvalue weighted by atomic mass is 9.92. The summed E-state index contributed by atoms with van der Waals surface area (Å²) in [6.07, 6.45) is 1.31. The van der Waals surface area contributed by atoms with Gasteiger partial charge in [-0.25, -0.2) is 4.79 Å². The van der Waals surface area contributed by atoms with Gasteiger partial charge in [-0.2, -0.15) is 0 Å². The number of rotatable bonds is 7.